The highest BCUT2D eigenvalue weighted by atomic mass is 16.7. The van der Waals surface area contributed by atoms with Crippen LogP contribution in [-0.4, -0.2) is 56.4 Å². The number of morpholine rings is 1. The highest BCUT2D eigenvalue weighted by Gasteiger charge is 2.53. The first kappa shape index (κ1) is 32.5. The maximum Gasteiger partial charge on any atom is 0.279 e. The summed E-state index contributed by atoms with van der Waals surface area (Å²) in [7, 11) is 3.28. The number of amides is 2. The molecule has 46 heavy (non-hydrogen) atoms. The fraction of sp³-hybridized carbons (Fsp3) is 0.297. The van der Waals surface area contributed by atoms with Crippen molar-refractivity contribution in [2.24, 2.45) is 0 Å². The Morgan fingerprint density at radius 1 is 0.761 bits per heavy atom. The van der Waals surface area contributed by atoms with Gasteiger partial charge in [-0.2, -0.15) is 0 Å². The van der Waals surface area contributed by atoms with Crippen LogP contribution in [0.2, 0.25) is 0 Å². The first-order valence-corrected chi connectivity index (χ1v) is 15.5. The Morgan fingerprint density at radius 2 is 1.37 bits per heavy atom. The summed E-state index contributed by atoms with van der Waals surface area (Å²) in [6, 6.07) is 31.9. The van der Waals surface area contributed by atoms with Crippen LogP contribution in [0.15, 0.2) is 103 Å². The van der Waals surface area contributed by atoms with E-state index in [0.29, 0.717) is 54.9 Å². The molecule has 2 saturated heterocycles. The van der Waals surface area contributed by atoms with Gasteiger partial charge in [-0.1, -0.05) is 74.5 Å². The molecule has 0 N–H and O–H groups in total. The minimum absolute atomic E-state index is 0.289. The normalized spacial score (nSPS) is 19.1. The van der Waals surface area contributed by atoms with Gasteiger partial charge < -0.3 is 28.6 Å². The molecule has 0 spiro atoms. The zero-order valence-electron chi connectivity index (χ0n) is 26.6. The van der Waals surface area contributed by atoms with Crippen LogP contribution >= 0.6 is 0 Å². The number of β-lactam (4-membered cyclic amide) rings is 1. The van der Waals surface area contributed by atoms with Crippen molar-refractivity contribution in [1.29, 1.82) is 0 Å². The summed E-state index contributed by atoms with van der Waals surface area (Å²) in [5.74, 6) is 1.21. The molecule has 0 aliphatic carbocycles. The molecule has 4 aromatic carbocycles. The number of ether oxygens (including phenoxy) is 5. The number of nitrogens with zero attached hydrogens (tertiary/aromatic N) is 2. The van der Waals surface area contributed by atoms with Crippen molar-refractivity contribution in [3.05, 3.63) is 120 Å². The lowest BCUT2D eigenvalue weighted by Crippen LogP contribution is -2.62. The van der Waals surface area contributed by atoms with E-state index >= 15 is 0 Å². The molecular formula is C37H40N2O7. The average molecular weight is 625 g/mol. The van der Waals surface area contributed by atoms with Gasteiger partial charge in [0.15, 0.2) is 6.10 Å². The van der Waals surface area contributed by atoms with Crippen LogP contribution in [0.4, 0.5) is 5.69 Å². The molecule has 6 rings (SSSR count). The summed E-state index contributed by atoms with van der Waals surface area (Å²) in [5.41, 5.74) is 3.40. The predicted molar refractivity (Wildman–Crippen MR) is 175 cm³/mol. The molecule has 240 valence electrons. The second kappa shape index (κ2) is 15.4. The van der Waals surface area contributed by atoms with E-state index in [1.54, 1.807) is 36.1 Å². The van der Waals surface area contributed by atoms with Gasteiger partial charge in [0.1, 0.15) is 36.5 Å². The molecule has 3 atom stereocenters. The number of methoxy groups -OCH3 is 1. The van der Waals surface area contributed by atoms with Gasteiger partial charge in [-0.05, 0) is 47.5 Å². The average Bonchev–Trinajstić information content (AvgIpc) is 3.11. The summed E-state index contributed by atoms with van der Waals surface area (Å²) in [4.78, 5) is 29.7. The number of hydrogen-bond acceptors (Lipinski definition) is 7. The molecule has 3 unspecified atom stereocenters. The van der Waals surface area contributed by atoms with Gasteiger partial charge >= 0.3 is 0 Å². The van der Waals surface area contributed by atoms with Crippen LogP contribution in [0, 0.1) is 0 Å². The Morgan fingerprint density at radius 3 is 2.00 bits per heavy atom. The van der Waals surface area contributed by atoms with Crippen molar-refractivity contribution in [2.45, 2.75) is 45.5 Å². The molecular weight excluding hydrogens is 584 g/mol. The maximum absolute atomic E-state index is 13.7. The number of carbonyl (C=O) groups is 2. The van der Waals surface area contributed by atoms with Crippen molar-refractivity contribution in [3.8, 4) is 17.2 Å². The van der Waals surface area contributed by atoms with Crippen molar-refractivity contribution in [2.75, 3.05) is 32.2 Å². The maximum atomic E-state index is 13.7. The van der Waals surface area contributed by atoms with Gasteiger partial charge in [0.2, 0.25) is 6.29 Å². The number of benzene rings is 4. The van der Waals surface area contributed by atoms with Crippen LogP contribution in [0.1, 0.15) is 36.6 Å². The summed E-state index contributed by atoms with van der Waals surface area (Å²) in [5, 5.41) is 0. The van der Waals surface area contributed by atoms with E-state index in [4.69, 9.17) is 23.7 Å². The molecule has 9 heteroatoms. The van der Waals surface area contributed by atoms with Gasteiger partial charge in [-0.3, -0.25) is 14.5 Å². The zero-order valence-corrected chi connectivity index (χ0v) is 26.6. The van der Waals surface area contributed by atoms with Gasteiger partial charge in [0, 0.05) is 30.9 Å². The Balaban J connectivity index is 0.00000204. The van der Waals surface area contributed by atoms with Crippen molar-refractivity contribution in [3.63, 3.8) is 0 Å². The second-order valence-corrected chi connectivity index (χ2v) is 10.6. The van der Waals surface area contributed by atoms with Crippen LogP contribution in [-0.2, 0) is 32.3 Å². The van der Waals surface area contributed by atoms with E-state index in [2.05, 4.69) is 0 Å². The summed E-state index contributed by atoms with van der Waals surface area (Å²) in [6.07, 6.45) is -2.15. The molecule has 2 heterocycles. The number of carbonyl (C=O) groups excluding carboxylic acids is 2. The molecule has 2 aliphatic rings. The Kier molecular flexibility index (Phi) is 10.9. The quantitative estimate of drug-likeness (QED) is 0.185. The third-order valence-electron chi connectivity index (χ3n) is 7.73. The third-order valence-corrected chi connectivity index (χ3v) is 7.73. The van der Waals surface area contributed by atoms with Crippen LogP contribution in [0.5, 0.6) is 17.2 Å². The van der Waals surface area contributed by atoms with Crippen LogP contribution < -0.4 is 19.1 Å². The minimum atomic E-state index is -1.18. The number of rotatable bonds is 11. The standard InChI is InChI=1S/C35H34N2O7.C2H6/c1-36-19-20-41-35(34(36)39)44-32-31(37(33(32)38)26-13-15-27(40-2)16-14-26)29-18-17-28(42-22-24-9-5-3-6-10-24)21-30(29)43-23-25-11-7-4-8-12-25;1-2/h3-18,21,31-32,35H,19-20,22-23H2,1-2H3;1-2H3. The largest absolute Gasteiger partial charge is 0.497 e. The SMILES string of the molecule is CC.COc1ccc(N2C(=O)C(OC3OCCN(C)C3=O)C2c2ccc(OCc3ccccc3)cc2OCc2ccccc2)cc1. The lowest BCUT2D eigenvalue weighted by molar-refractivity contribution is -0.215. The Hall–Kier alpha value is -4.86. The first-order chi connectivity index (χ1) is 22.5. The molecule has 2 aliphatic heterocycles. The molecule has 2 amide bonds. The number of likely N-dealkylation sites (N-methyl/N-ethyl adjacent to an activating group) is 1. The van der Waals surface area contributed by atoms with Crippen molar-refractivity contribution < 1.29 is 33.3 Å². The number of anilines is 1. The van der Waals surface area contributed by atoms with Crippen molar-refractivity contribution in [1.82, 2.24) is 4.90 Å². The predicted octanol–water partition coefficient (Wildman–Crippen LogP) is 6.17. The van der Waals surface area contributed by atoms with Crippen molar-refractivity contribution >= 4 is 17.5 Å². The molecule has 4 aromatic rings. The molecule has 0 radical (unpaired) electrons. The molecule has 0 aromatic heterocycles. The molecule has 9 nitrogen and oxygen atoms in total. The third kappa shape index (κ3) is 7.33. The van der Waals surface area contributed by atoms with E-state index in [9.17, 15) is 9.59 Å². The smallest absolute Gasteiger partial charge is 0.279 e. The zero-order chi connectivity index (χ0) is 32.5. The second-order valence-electron chi connectivity index (χ2n) is 10.6. The highest BCUT2D eigenvalue weighted by molar-refractivity contribution is 6.05. The molecule has 2 fully saturated rings. The Labute approximate surface area is 270 Å². The van der Waals surface area contributed by atoms with Gasteiger partial charge in [0.25, 0.3) is 11.8 Å². The van der Waals surface area contributed by atoms with Gasteiger partial charge in [-0.15, -0.1) is 0 Å². The van der Waals surface area contributed by atoms with E-state index in [-0.39, 0.29) is 11.8 Å². The van der Waals surface area contributed by atoms with E-state index in [1.165, 1.54) is 0 Å². The molecule has 0 bridgehead atoms. The van der Waals surface area contributed by atoms with Gasteiger partial charge in [0.05, 0.1) is 13.7 Å². The van der Waals surface area contributed by atoms with E-state index < -0.39 is 18.4 Å². The summed E-state index contributed by atoms with van der Waals surface area (Å²) >= 11 is 0. The lowest BCUT2D eigenvalue weighted by Gasteiger charge is -2.48. The summed E-state index contributed by atoms with van der Waals surface area (Å²) in [6.45, 7) is 5.47. The van der Waals surface area contributed by atoms with Crippen LogP contribution in [0.3, 0.4) is 0 Å². The monoisotopic (exact) mass is 624 g/mol. The fourth-order valence-corrected chi connectivity index (χ4v) is 5.27. The van der Waals surface area contributed by atoms with Gasteiger partial charge in [-0.25, -0.2) is 0 Å². The van der Waals surface area contributed by atoms with E-state index in [1.807, 2.05) is 105 Å². The number of hydrogen-bond donors (Lipinski definition) is 0. The molecule has 0 saturated carbocycles. The van der Waals surface area contributed by atoms with Crippen LogP contribution in [0.25, 0.3) is 0 Å². The Bertz CT molecular complexity index is 1580. The minimum Gasteiger partial charge on any atom is -0.497 e. The fourth-order valence-electron chi connectivity index (χ4n) is 5.27. The highest BCUT2D eigenvalue weighted by Crippen LogP contribution is 2.46. The summed E-state index contributed by atoms with van der Waals surface area (Å²) < 4.78 is 29.6. The lowest BCUT2D eigenvalue weighted by atomic mass is 9.88. The van der Waals surface area contributed by atoms with E-state index in [0.717, 1.165) is 11.1 Å². The first-order valence-electron chi connectivity index (χ1n) is 15.5. The topological polar surface area (TPSA) is 86.8 Å².